The Morgan fingerprint density at radius 3 is 2.45 bits per heavy atom. The molecule has 1 aromatic carbocycles. The summed E-state index contributed by atoms with van der Waals surface area (Å²) in [6, 6.07) is 10.3. The first-order valence-corrected chi connectivity index (χ1v) is 10.7. The van der Waals surface area contributed by atoms with Gasteiger partial charge in [0.1, 0.15) is 0 Å². The van der Waals surface area contributed by atoms with Gasteiger partial charge in [0.25, 0.3) is 0 Å². The van der Waals surface area contributed by atoms with Gasteiger partial charge in [-0.1, -0.05) is 44.0 Å². The monoisotopic (exact) mass is 395 g/mol. The van der Waals surface area contributed by atoms with Crippen molar-refractivity contribution in [2.45, 2.75) is 57.3 Å². The van der Waals surface area contributed by atoms with Crippen molar-refractivity contribution in [3.05, 3.63) is 52.8 Å². The third kappa shape index (κ3) is 4.21. The quantitative estimate of drug-likeness (QED) is 0.802. The first-order chi connectivity index (χ1) is 14.0. The van der Waals surface area contributed by atoms with Gasteiger partial charge >= 0.3 is 5.97 Å². The predicted molar refractivity (Wildman–Crippen MR) is 110 cm³/mol. The van der Waals surface area contributed by atoms with Gasteiger partial charge in [0, 0.05) is 36.5 Å². The van der Waals surface area contributed by atoms with E-state index in [0.717, 1.165) is 50.8 Å². The summed E-state index contributed by atoms with van der Waals surface area (Å²) >= 11 is 0. The summed E-state index contributed by atoms with van der Waals surface area (Å²) in [5.41, 5.74) is 3.39. The molecule has 1 aliphatic heterocycles. The van der Waals surface area contributed by atoms with E-state index in [1.807, 2.05) is 4.90 Å². The first kappa shape index (κ1) is 19.7. The van der Waals surface area contributed by atoms with Crippen LogP contribution in [0.25, 0.3) is 0 Å². The molecule has 1 aliphatic carbocycles. The molecular formula is C23H29N3O3. The number of nitrogens with one attached hydrogen (secondary N) is 1. The van der Waals surface area contributed by atoms with Crippen LogP contribution in [0.3, 0.4) is 0 Å². The molecule has 29 heavy (non-hydrogen) atoms. The number of rotatable bonds is 5. The van der Waals surface area contributed by atoms with Crippen molar-refractivity contribution in [1.82, 2.24) is 15.1 Å². The standard InChI is InChI=1S/C23H29N3O3/c1-2-15-7-9-16(10-8-15)18-11-19(20-12-21(23(28)29)25-24-20)14-26(13-18)22(27)17-5-3-4-6-17/h7-10,12,17-19H,2-6,11,13-14H2,1H3,(H,24,25)(H,28,29). The Balaban J connectivity index is 1.59. The Labute approximate surface area is 171 Å². The summed E-state index contributed by atoms with van der Waals surface area (Å²) in [6.45, 7) is 3.50. The lowest BCUT2D eigenvalue weighted by Gasteiger charge is -2.39. The van der Waals surface area contributed by atoms with Crippen LogP contribution in [0.5, 0.6) is 0 Å². The fourth-order valence-corrected chi connectivity index (χ4v) is 4.86. The molecule has 0 bridgehead atoms. The van der Waals surface area contributed by atoms with E-state index in [9.17, 15) is 14.7 Å². The number of piperidine rings is 1. The number of amides is 1. The van der Waals surface area contributed by atoms with Crippen molar-refractivity contribution in [1.29, 1.82) is 0 Å². The molecule has 0 radical (unpaired) electrons. The molecule has 1 saturated carbocycles. The topological polar surface area (TPSA) is 86.3 Å². The number of hydrogen-bond acceptors (Lipinski definition) is 3. The van der Waals surface area contributed by atoms with Crippen molar-refractivity contribution < 1.29 is 14.7 Å². The highest BCUT2D eigenvalue weighted by atomic mass is 16.4. The van der Waals surface area contributed by atoms with Gasteiger partial charge in [0.15, 0.2) is 5.69 Å². The minimum absolute atomic E-state index is 0.0306. The van der Waals surface area contributed by atoms with E-state index in [1.165, 1.54) is 11.1 Å². The van der Waals surface area contributed by atoms with Crippen LogP contribution in [-0.4, -0.2) is 45.2 Å². The van der Waals surface area contributed by atoms with Gasteiger partial charge in [-0.05, 0) is 42.9 Å². The van der Waals surface area contributed by atoms with Gasteiger partial charge in [-0.15, -0.1) is 0 Å². The summed E-state index contributed by atoms with van der Waals surface area (Å²) in [5.74, 6) is -0.324. The smallest absolute Gasteiger partial charge is 0.356 e. The molecule has 154 valence electrons. The molecule has 0 spiro atoms. The number of aromatic amines is 1. The molecule has 4 rings (SSSR count). The van der Waals surface area contributed by atoms with Crippen LogP contribution in [0.1, 0.15) is 78.2 Å². The van der Waals surface area contributed by atoms with E-state index in [1.54, 1.807) is 6.07 Å². The number of hydrogen-bond donors (Lipinski definition) is 2. The molecule has 2 aliphatic rings. The molecule has 2 unspecified atom stereocenters. The molecule has 2 heterocycles. The van der Waals surface area contributed by atoms with E-state index >= 15 is 0 Å². The number of H-pyrrole nitrogens is 1. The highest BCUT2D eigenvalue weighted by Crippen LogP contribution is 2.37. The molecule has 2 aromatic rings. The largest absolute Gasteiger partial charge is 0.476 e. The molecule has 1 aromatic heterocycles. The molecule has 1 saturated heterocycles. The van der Waals surface area contributed by atoms with Gasteiger partial charge in [-0.25, -0.2) is 4.79 Å². The SMILES string of the molecule is CCc1ccc(C2CC(c3cc(C(=O)O)n[nH]3)CN(C(=O)C3CCCC3)C2)cc1. The zero-order chi connectivity index (χ0) is 20.4. The van der Waals surface area contributed by atoms with E-state index in [2.05, 4.69) is 41.4 Å². The third-order valence-electron chi connectivity index (χ3n) is 6.58. The fraction of sp³-hybridized carbons (Fsp3) is 0.522. The van der Waals surface area contributed by atoms with Gasteiger partial charge in [-0.3, -0.25) is 9.89 Å². The summed E-state index contributed by atoms with van der Waals surface area (Å²) in [5, 5.41) is 16.1. The minimum atomic E-state index is -1.03. The summed E-state index contributed by atoms with van der Waals surface area (Å²) in [4.78, 5) is 26.4. The molecule has 6 nitrogen and oxygen atoms in total. The van der Waals surface area contributed by atoms with Crippen molar-refractivity contribution >= 4 is 11.9 Å². The normalized spacial score (nSPS) is 22.7. The Hall–Kier alpha value is -2.63. The first-order valence-electron chi connectivity index (χ1n) is 10.7. The second-order valence-corrected chi connectivity index (χ2v) is 8.46. The average Bonchev–Trinajstić information content (AvgIpc) is 3.45. The van der Waals surface area contributed by atoms with E-state index in [0.29, 0.717) is 6.54 Å². The fourth-order valence-electron chi connectivity index (χ4n) is 4.86. The molecular weight excluding hydrogens is 366 g/mol. The lowest BCUT2D eigenvalue weighted by Crippen LogP contribution is -2.44. The maximum atomic E-state index is 13.2. The van der Waals surface area contributed by atoms with Crippen LogP contribution in [0.2, 0.25) is 0 Å². The number of nitrogens with zero attached hydrogens (tertiary/aromatic N) is 2. The number of aromatic nitrogens is 2. The van der Waals surface area contributed by atoms with Crippen LogP contribution in [0, 0.1) is 5.92 Å². The Bertz CT molecular complexity index is 868. The lowest BCUT2D eigenvalue weighted by molar-refractivity contribution is -0.137. The molecule has 2 atom stereocenters. The number of aromatic carboxylic acids is 1. The Morgan fingerprint density at radius 1 is 1.14 bits per heavy atom. The number of likely N-dealkylation sites (tertiary alicyclic amines) is 1. The van der Waals surface area contributed by atoms with Crippen LogP contribution in [0.15, 0.2) is 30.3 Å². The molecule has 1 amide bonds. The van der Waals surface area contributed by atoms with Crippen molar-refractivity contribution in [3.63, 3.8) is 0 Å². The zero-order valence-corrected chi connectivity index (χ0v) is 16.9. The van der Waals surface area contributed by atoms with Gasteiger partial charge in [-0.2, -0.15) is 5.10 Å². The predicted octanol–water partition coefficient (Wildman–Crippen LogP) is 3.96. The number of benzene rings is 1. The van der Waals surface area contributed by atoms with E-state index in [4.69, 9.17) is 0 Å². The third-order valence-corrected chi connectivity index (χ3v) is 6.58. The zero-order valence-electron chi connectivity index (χ0n) is 16.9. The molecule has 2 fully saturated rings. The summed E-state index contributed by atoms with van der Waals surface area (Å²) < 4.78 is 0. The van der Waals surface area contributed by atoms with Gasteiger partial charge < -0.3 is 10.0 Å². The highest BCUT2D eigenvalue weighted by molar-refractivity contribution is 5.85. The highest BCUT2D eigenvalue weighted by Gasteiger charge is 2.36. The van der Waals surface area contributed by atoms with Gasteiger partial charge in [0.2, 0.25) is 5.91 Å². The van der Waals surface area contributed by atoms with Crippen molar-refractivity contribution in [3.8, 4) is 0 Å². The molecule has 2 N–H and O–H groups in total. The summed E-state index contributed by atoms with van der Waals surface area (Å²) in [6.07, 6.45) is 6.13. The van der Waals surface area contributed by atoms with Crippen molar-refractivity contribution in [2.75, 3.05) is 13.1 Å². The number of carbonyl (C=O) groups excluding carboxylic acids is 1. The van der Waals surface area contributed by atoms with Gasteiger partial charge in [0.05, 0.1) is 0 Å². The Morgan fingerprint density at radius 2 is 1.83 bits per heavy atom. The average molecular weight is 396 g/mol. The van der Waals surface area contributed by atoms with Crippen LogP contribution in [0.4, 0.5) is 0 Å². The maximum Gasteiger partial charge on any atom is 0.356 e. The maximum absolute atomic E-state index is 13.2. The minimum Gasteiger partial charge on any atom is -0.476 e. The number of carbonyl (C=O) groups is 2. The van der Waals surface area contributed by atoms with Crippen molar-refractivity contribution in [2.24, 2.45) is 5.92 Å². The number of carboxylic acids is 1. The molecule has 6 heteroatoms. The number of aryl methyl sites for hydroxylation is 1. The van der Waals surface area contributed by atoms with E-state index < -0.39 is 5.97 Å². The van der Waals surface area contributed by atoms with E-state index in [-0.39, 0.29) is 29.4 Å². The second-order valence-electron chi connectivity index (χ2n) is 8.46. The van der Waals surface area contributed by atoms with Crippen LogP contribution in [-0.2, 0) is 11.2 Å². The Kier molecular flexibility index (Phi) is 5.69. The van der Waals surface area contributed by atoms with Crippen LogP contribution < -0.4 is 0 Å². The second kappa shape index (κ2) is 8.39. The number of carboxylic acid groups (broad SMARTS) is 1. The summed E-state index contributed by atoms with van der Waals surface area (Å²) in [7, 11) is 0. The van der Waals surface area contributed by atoms with Crippen LogP contribution >= 0.6 is 0 Å². The lowest BCUT2D eigenvalue weighted by atomic mass is 9.82.